The Morgan fingerprint density at radius 1 is 1.30 bits per heavy atom. The van der Waals surface area contributed by atoms with E-state index in [1.165, 1.54) is 0 Å². The number of amides is 1. The van der Waals surface area contributed by atoms with Crippen LogP contribution in [0.5, 0.6) is 0 Å². The molecule has 1 fully saturated rings. The summed E-state index contributed by atoms with van der Waals surface area (Å²) in [7, 11) is 1.95. The molecule has 1 heterocycles. The number of carbonyl (C=O) groups excluding carboxylic acids is 1. The van der Waals surface area contributed by atoms with Crippen LogP contribution in [-0.4, -0.2) is 33.6 Å². The van der Waals surface area contributed by atoms with Gasteiger partial charge in [-0.3, -0.25) is 4.68 Å². The number of nitrogens with one attached hydrogen (secondary N) is 2. The highest BCUT2D eigenvalue weighted by atomic mass is 16.6. The number of alkyl carbamates (subject to hydrolysis) is 1. The van der Waals surface area contributed by atoms with Crippen molar-refractivity contribution in [2.24, 2.45) is 7.05 Å². The first-order valence-electron chi connectivity index (χ1n) is 8.55. The predicted octanol–water partition coefficient (Wildman–Crippen LogP) is 3.23. The van der Waals surface area contributed by atoms with Crippen LogP contribution in [0, 0.1) is 0 Å². The van der Waals surface area contributed by atoms with Gasteiger partial charge in [0, 0.05) is 25.3 Å². The lowest BCUT2D eigenvalue weighted by atomic mass is 9.91. The summed E-state index contributed by atoms with van der Waals surface area (Å²) in [5.41, 5.74) is 1.81. The molecule has 0 bridgehead atoms. The number of aryl methyl sites for hydroxylation is 2. The van der Waals surface area contributed by atoms with Crippen LogP contribution in [0.15, 0.2) is 6.20 Å². The molecule has 0 spiro atoms. The molecule has 1 aliphatic carbocycles. The van der Waals surface area contributed by atoms with Crippen LogP contribution in [0.4, 0.5) is 10.5 Å². The Morgan fingerprint density at radius 2 is 1.91 bits per heavy atom. The molecule has 2 rings (SSSR count). The first-order valence-corrected chi connectivity index (χ1v) is 8.55. The third kappa shape index (κ3) is 5.44. The summed E-state index contributed by atoms with van der Waals surface area (Å²) in [6.45, 7) is 7.76. The van der Waals surface area contributed by atoms with Crippen LogP contribution in [0.3, 0.4) is 0 Å². The van der Waals surface area contributed by atoms with Crippen LogP contribution < -0.4 is 10.6 Å². The molecule has 0 unspecified atom stereocenters. The Balaban J connectivity index is 1.78. The lowest BCUT2D eigenvalue weighted by Crippen LogP contribution is -2.42. The zero-order chi connectivity index (χ0) is 17.0. The number of aromatic nitrogens is 2. The van der Waals surface area contributed by atoms with Crippen molar-refractivity contribution in [1.29, 1.82) is 0 Å². The van der Waals surface area contributed by atoms with E-state index in [0.29, 0.717) is 6.04 Å². The van der Waals surface area contributed by atoms with Crippen molar-refractivity contribution in [3.8, 4) is 0 Å². The maximum absolute atomic E-state index is 11.8. The van der Waals surface area contributed by atoms with Crippen molar-refractivity contribution in [3.63, 3.8) is 0 Å². The zero-order valence-electron chi connectivity index (χ0n) is 15.0. The summed E-state index contributed by atoms with van der Waals surface area (Å²) in [6, 6.07) is 0.656. The van der Waals surface area contributed by atoms with Gasteiger partial charge >= 0.3 is 6.09 Å². The summed E-state index contributed by atoms with van der Waals surface area (Å²) in [4.78, 5) is 11.8. The van der Waals surface area contributed by atoms with E-state index in [1.807, 2.05) is 38.7 Å². The highest BCUT2D eigenvalue weighted by molar-refractivity contribution is 5.68. The van der Waals surface area contributed by atoms with Gasteiger partial charge in [-0.15, -0.1) is 0 Å². The van der Waals surface area contributed by atoms with Crippen LogP contribution in [-0.2, 0) is 18.2 Å². The second-order valence-electron chi connectivity index (χ2n) is 7.36. The summed E-state index contributed by atoms with van der Waals surface area (Å²) < 4.78 is 7.18. The number of ether oxygens (including phenoxy) is 1. The molecule has 23 heavy (non-hydrogen) atoms. The van der Waals surface area contributed by atoms with Crippen molar-refractivity contribution in [2.45, 2.75) is 77.5 Å². The number of hydrogen-bond acceptors (Lipinski definition) is 4. The Kier molecular flexibility index (Phi) is 5.55. The van der Waals surface area contributed by atoms with Crippen LogP contribution >= 0.6 is 0 Å². The third-order valence-electron chi connectivity index (χ3n) is 4.05. The minimum atomic E-state index is -0.445. The van der Waals surface area contributed by atoms with E-state index in [4.69, 9.17) is 4.74 Å². The standard InChI is InChI=1S/C17H30N4O2/c1-6-14-15(11-21(5)20-14)18-12-7-9-13(10-8-12)19-16(22)23-17(2,3)4/h11-13,18H,6-10H2,1-5H3,(H,19,22). The predicted molar refractivity (Wildman–Crippen MR) is 91.6 cm³/mol. The minimum Gasteiger partial charge on any atom is -0.444 e. The van der Waals surface area contributed by atoms with Crippen LogP contribution in [0.1, 0.15) is 59.1 Å². The monoisotopic (exact) mass is 322 g/mol. The molecule has 0 atom stereocenters. The summed E-state index contributed by atoms with van der Waals surface area (Å²) in [5.74, 6) is 0. The fraction of sp³-hybridized carbons (Fsp3) is 0.765. The van der Waals surface area contributed by atoms with Gasteiger partial charge in [-0.25, -0.2) is 4.79 Å². The van der Waals surface area contributed by atoms with Crippen molar-refractivity contribution < 1.29 is 9.53 Å². The van der Waals surface area contributed by atoms with E-state index >= 15 is 0 Å². The third-order valence-corrected chi connectivity index (χ3v) is 4.05. The van der Waals surface area contributed by atoms with Gasteiger partial charge in [0.2, 0.25) is 0 Å². The van der Waals surface area contributed by atoms with E-state index in [9.17, 15) is 4.79 Å². The molecule has 6 heteroatoms. The molecule has 0 aliphatic heterocycles. The van der Waals surface area contributed by atoms with Crippen LogP contribution in [0.25, 0.3) is 0 Å². The SMILES string of the molecule is CCc1nn(C)cc1NC1CCC(NC(=O)OC(C)(C)C)CC1. The van der Waals surface area contributed by atoms with Gasteiger partial charge in [0.15, 0.2) is 0 Å². The molecule has 0 aromatic carbocycles. The number of carbonyl (C=O) groups is 1. The number of rotatable bonds is 4. The summed E-state index contributed by atoms with van der Waals surface area (Å²) >= 11 is 0. The fourth-order valence-electron chi connectivity index (χ4n) is 2.99. The first kappa shape index (κ1) is 17.6. The summed E-state index contributed by atoms with van der Waals surface area (Å²) in [6.07, 6.45) is 6.69. The molecular formula is C17H30N4O2. The maximum atomic E-state index is 11.8. The van der Waals surface area contributed by atoms with E-state index in [1.54, 1.807) is 0 Å². The molecule has 1 aliphatic rings. The van der Waals surface area contributed by atoms with Crippen molar-refractivity contribution in [2.75, 3.05) is 5.32 Å². The quantitative estimate of drug-likeness (QED) is 0.893. The van der Waals surface area contributed by atoms with Gasteiger partial charge in [-0.1, -0.05) is 6.92 Å². The maximum Gasteiger partial charge on any atom is 0.407 e. The number of nitrogens with zero attached hydrogens (tertiary/aromatic N) is 2. The molecule has 0 saturated heterocycles. The summed E-state index contributed by atoms with van der Waals surface area (Å²) in [5, 5.41) is 11.1. The van der Waals surface area contributed by atoms with E-state index in [0.717, 1.165) is 43.5 Å². The minimum absolute atomic E-state index is 0.211. The Labute approximate surface area is 139 Å². The second-order valence-corrected chi connectivity index (χ2v) is 7.36. The normalized spacial score (nSPS) is 21.8. The average Bonchev–Trinajstić information content (AvgIpc) is 2.79. The highest BCUT2D eigenvalue weighted by Gasteiger charge is 2.25. The van der Waals surface area contributed by atoms with E-state index in [-0.39, 0.29) is 12.1 Å². The van der Waals surface area contributed by atoms with Gasteiger partial charge in [-0.2, -0.15) is 5.10 Å². The number of anilines is 1. The average molecular weight is 322 g/mol. The van der Waals surface area contributed by atoms with Gasteiger partial charge in [0.1, 0.15) is 5.60 Å². The van der Waals surface area contributed by atoms with Gasteiger partial charge in [0.05, 0.1) is 11.4 Å². The van der Waals surface area contributed by atoms with Crippen molar-refractivity contribution in [3.05, 3.63) is 11.9 Å². The van der Waals surface area contributed by atoms with Gasteiger partial charge < -0.3 is 15.4 Å². The highest BCUT2D eigenvalue weighted by Crippen LogP contribution is 2.24. The molecule has 6 nitrogen and oxygen atoms in total. The lowest BCUT2D eigenvalue weighted by molar-refractivity contribution is 0.0492. The molecule has 1 aromatic heterocycles. The zero-order valence-corrected chi connectivity index (χ0v) is 15.0. The van der Waals surface area contributed by atoms with E-state index in [2.05, 4.69) is 22.7 Å². The van der Waals surface area contributed by atoms with Crippen LogP contribution in [0.2, 0.25) is 0 Å². The van der Waals surface area contributed by atoms with E-state index < -0.39 is 5.60 Å². The molecule has 2 N–H and O–H groups in total. The second kappa shape index (κ2) is 7.23. The Bertz CT molecular complexity index is 525. The molecule has 0 radical (unpaired) electrons. The lowest BCUT2D eigenvalue weighted by Gasteiger charge is -2.31. The topological polar surface area (TPSA) is 68.2 Å². The Morgan fingerprint density at radius 3 is 2.48 bits per heavy atom. The molecule has 1 amide bonds. The van der Waals surface area contributed by atoms with Gasteiger partial charge in [-0.05, 0) is 52.9 Å². The van der Waals surface area contributed by atoms with Crippen molar-refractivity contribution in [1.82, 2.24) is 15.1 Å². The molecule has 1 saturated carbocycles. The first-order chi connectivity index (χ1) is 10.8. The molecular weight excluding hydrogens is 292 g/mol. The van der Waals surface area contributed by atoms with Gasteiger partial charge in [0.25, 0.3) is 0 Å². The smallest absolute Gasteiger partial charge is 0.407 e. The molecule has 1 aromatic rings. The number of hydrogen-bond donors (Lipinski definition) is 2. The largest absolute Gasteiger partial charge is 0.444 e. The Hall–Kier alpha value is -1.72. The van der Waals surface area contributed by atoms with Crippen molar-refractivity contribution >= 4 is 11.8 Å². The fourth-order valence-corrected chi connectivity index (χ4v) is 2.99. The molecule has 130 valence electrons.